The zero-order valence-electron chi connectivity index (χ0n) is 9.60. The highest BCUT2D eigenvalue weighted by Gasteiger charge is 2.27. The summed E-state index contributed by atoms with van der Waals surface area (Å²) in [6, 6.07) is 0.351. The molecule has 1 aliphatic rings. The van der Waals surface area contributed by atoms with Gasteiger partial charge < -0.3 is 25.1 Å². The molecule has 1 aromatic carbocycles. The minimum Gasteiger partial charge on any atom is -0.495 e. The molecule has 0 aromatic heterocycles. The Hall–Kier alpha value is -1.47. The molecule has 0 amide bonds. The molecule has 3 N–H and O–H groups in total. The van der Waals surface area contributed by atoms with Gasteiger partial charge >= 0.3 is 5.97 Å². The molecule has 0 aliphatic carbocycles. The Kier molecular flexibility index (Phi) is 3.63. The largest absolute Gasteiger partial charge is 0.495 e. The van der Waals surface area contributed by atoms with E-state index in [9.17, 15) is 4.79 Å². The highest BCUT2D eigenvalue weighted by molar-refractivity contribution is 9.10. The van der Waals surface area contributed by atoms with Gasteiger partial charge in [-0.3, -0.25) is 4.79 Å². The van der Waals surface area contributed by atoms with Crippen LogP contribution in [-0.4, -0.2) is 31.4 Å². The van der Waals surface area contributed by atoms with Crippen LogP contribution >= 0.6 is 15.9 Å². The van der Waals surface area contributed by atoms with Gasteiger partial charge in [0.1, 0.15) is 29.5 Å². The molecule has 7 heteroatoms. The number of nitrogens with two attached hydrogens (primary N) is 1. The van der Waals surface area contributed by atoms with E-state index in [0.29, 0.717) is 40.5 Å². The summed E-state index contributed by atoms with van der Waals surface area (Å²) in [5.74, 6) is 0.158. The standard InChI is InChI=1S/C11H12BrNO5/c1-16-9-5(8(13)11(14)15)4-6-10(7(9)12)18-3-2-17-6/h4,8H,2-3,13H2,1H3,(H,14,15). The fourth-order valence-electron chi connectivity index (χ4n) is 1.72. The third-order valence-corrected chi connectivity index (χ3v) is 3.28. The average Bonchev–Trinajstić information content (AvgIpc) is 2.37. The first kappa shape index (κ1) is 13.0. The number of ether oxygens (including phenoxy) is 3. The van der Waals surface area contributed by atoms with Gasteiger partial charge in [-0.05, 0) is 22.0 Å². The van der Waals surface area contributed by atoms with E-state index in [-0.39, 0.29) is 0 Å². The van der Waals surface area contributed by atoms with Crippen molar-refractivity contribution in [2.75, 3.05) is 20.3 Å². The van der Waals surface area contributed by atoms with Gasteiger partial charge in [-0.2, -0.15) is 0 Å². The third kappa shape index (κ3) is 2.11. The topological polar surface area (TPSA) is 91.0 Å². The second-order valence-electron chi connectivity index (χ2n) is 3.65. The number of aliphatic carboxylic acids is 1. The molecule has 0 saturated heterocycles. The lowest BCUT2D eigenvalue weighted by atomic mass is 10.1. The Morgan fingerprint density at radius 2 is 2.22 bits per heavy atom. The van der Waals surface area contributed by atoms with E-state index in [1.165, 1.54) is 13.2 Å². The Morgan fingerprint density at radius 1 is 1.56 bits per heavy atom. The van der Waals surface area contributed by atoms with Crippen LogP contribution in [0.2, 0.25) is 0 Å². The Labute approximate surface area is 112 Å². The second-order valence-corrected chi connectivity index (χ2v) is 4.45. The van der Waals surface area contributed by atoms with Crippen molar-refractivity contribution in [2.24, 2.45) is 5.73 Å². The number of benzene rings is 1. The summed E-state index contributed by atoms with van der Waals surface area (Å²) in [7, 11) is 1.44. The molecule has 0 radical (unpaired) electrons. The van der Waals surface area contributed by atoms with Crippen LogP contribution in [0.4, 0.5) is 0 Å². The monoisotopic (exact) mass is 317 g/mol. The lowest BCUT2D eigenvalue weighted by Crippen LogP contribution is -2.23. The van der Waals surface area contributed by atoms with Gasteiger partial charge in [0, 0.05) is 5.56 Å². The van der Waals surface area contributed by atoms with E-state index in [4.69, 9.17) is 25.1 Å². The minimum absolute atomic E-state index is 0.334. The maximum atomic E-state index is 11.0. The average molecular weight is 318 g/mol. The summed E-state index contributed by atoms with van der Waals surface area (Å²) in [6.45, 7) is 0.840. The predicted molar refractivity (Wildman–Crippen MR) is 66.2 cm³/mol. The molecule has 1 heterocycles. The number of hydrogen-bond acceptors (Lipinski definition) is 5. The van der Waals surface area contributed by atoms with Crippen LogP contribution < -0.4 is 19.9 Å². The van der Waals surface area contributed by atoms with Crippen LogP contribution in [0, 0.1) is 0 Å². The smallest absolute Gasteiger partial charge is 0.325 e. The first-order valence-electron chi connectivity index (χ1n) is 5.20. The van der Waals surface area contributed by atoms with E-state index >= 15 is 0 Å². The maximum Gasteiger partial charge on any atom is 0.325 e. The van der Waals surface area contributed by atoms with E-state index in [2.05, 4.69) is 15.9 Å². The highest BCUT2D eigenvalue weighted by Crippen LogP contribution is 2.46. The van der Waals surface area contributed by atoms with E-state index in [0.717, 1.165) is 0 Å². The molecule has 18 heavy (non-hydrogen) atoms. The summed E-state index contributed by atoms with van der Waals surface area (Å²) < 4.78 is 16.6. The van der Waals surface area contributed by atoms with Gasteiger partial charge in [-0.15, -0.1) is 0 Å². The molecule has 0 bridgehead atoms. The fourth-order valence-corrected chi connectivity index (χ4v) is 2.42. The molecule has 1 unspecified atom stereocenters. The molecule has 1 atom stereocenters. The van der Waals surface area contributed by atoms with Crippen LogP contribution in [0.5, 0.6) is 17.2 Å². The van der Waals surface area contributed by atoms with Gasteiger partial charge in [0.05, 0.1) is 7.11 Å². The molecule has 0 saturated carbocycles. The molecule has 0 fully saturated rings. The van der Waals surface area contributed by atoms with Crippen molar-refractivity contribution in [1.82, 2.24) is 0 Å². The van der Waals surface area contributed by atoms with Crippen molar-refractivity contribution in [1.29, 1.82) is 0 Å². The summed E-state index contributed by atoms with van der Waals surface area (Å²) in [6.07, 6.45) is 0. The van der Waals surface area contributed by atoms with Gasteiger partial charge in [-0.1, -0.05) is 0 Å². The van der Waals surface area contributed by atoms with Crippen molar-refractivity contribution < 1.29 is 24.1 Å². The van der Waals surface area contributed by atoms with Crippen molar-refractivity contribution in [3.8, 4) is 17.2 Å². The zero-order valence-corrected chi connectivity index (χ0v) is 11.2. The van der Waals surface area contributed by atoms with Gasteiger partial charge in [0.25, 0.3) is 0 Å². The molecule has 1 aliphatic heterocycles. The number of halogens is 1. The van der Waals surface area contributed by atoms with Crippen molar-refractivity contribution in [3.63, 3.8) is 0 Å². The molecule has 1 aromatic rings. The zero-order chi connectivity index (χ0) is 13.3. The van der Waals surface area contributed by atoms with Crippen LogP contribution in [0.3, 0.4) is 0 Å². The van der Waals surface area contributed by atoms with Crippen molar-refractivity contribution >= 4 is 21.9 Å². The first-order chi connectivity index (χ1) is 8.56. The number of carboxylic acid groups (broad SMARTS) is 1. The van der Waals surface area contributed by atoms with Crippen LogP contribution in [0.15, 0.2) is 10.5 Å². The number of hydrogen-bond donors (Lipinski definition) is 2. The molecular weight excluding hydrogens is 306 g/mol. The second kappa shape index (κ2) is 5.03. The Bertz CT molecular complexity index is 491. The number of carboxylic acids is 1. The Morgan fingerprint density at radius 3 is 2.83 bits per heavy atom. The predicted octanol–water partition coefficient (Wildman–Crippen LogP) is 1.31. The summed E-state index contributed by atoms with van der Waals surface area (Å²) in [5, 5.41) is 8.98. The van der Waals surface area contributed by atoms with Crippen molar-refractivity contribution in [2.45, 2.75) is 6.04 Å². The minimum atomic E-state index is -1.19. The van der Waals surface area contributed by atoms with Crippen molar-refractivity contribution in [3.05, 3.63) is 16.1 Å². The van der Waals surface area contributed by atoms with Crippen LogP contribution in [0.1, 0.15) is 11.6 Å². The molecule has 98 valence electrons. The summed E-state index contributed by atoms with van der Waals surface area (Å²) in [5.41, 5.74) is 5.95. The molecule has 0 spiro atoms. The van der Waals surface area contributed by atoms with E-state index in [1.807, 2.05) is 0 Å². The van der Waals surface area contributed by atoms with Gasteiger partial charge in [-0.25, -0.2) is 0 Å². The van der Waals surface area contributed by atoms with E-state index < -0.39 is 12.0 Å². The number of methoxy groups -OCH3 is 1. The van der Waals surface area contributed by atoms with Crippen LogP contribution in [-0.2, 0) is 4.79 Å². The maximum absolute atomic E-state index is 11.0. The number of rotatable bonds is 3. The molecular formula is C11H12BrNO5. The number of fused-ring (bicyclic) bond motifs is 1. The molecule has 6 nitrogen and oxygen atoms in total. The lowest BCUT2D eigenvalue weighted by Gasteiger charge is -2.23. The van der Waals surface area contributed by atoms with E-state index in [1.54, 1.807) is 0 Å². The number of carbonyl (C=O) groups is 1. The van der Waals surface area contributed by atoms with Crippen LogP contribution in [0.25, 0.3) is 0 Å². The van der Waals surface area contributed by atoms with Gasteiger partial charge in [0.2, 0.25) is 0 Å². The Balaban J connectivity index is 2.58. The normalized spacial score (nSPS) is 15.1. The summed E-state index contributed by atoms with van der Waals surface area (Å²) >= 11 is 3.32. The lowest BCUT2D eigenvalue weighted by molar-refractivity contribution is -0.138. The SMILES string of the molecule is COc1c(C(N)C(=O)O)cc2c(c1Br)OCCO2. The first-order valence-corrected chi connectivity index (χ1v) is 6.00. The molecule has 2 rings (SSSR count). The highest BCUT2D eigenvalue weighted by atomic mass is 79.9. The quantitative estimate of drug-likeness (QED) is 0.873. The fraction of sp³-hybridized carbons (Fsp3) is 0.364. The summed E-state index contributed by atoms with van der Waals surface area (Å²) in [4.78, 5) is 11.0. The third-order valence-electron chi connectivity index (χ3n) is 2.56. The van der Waals surface area contributed by atoms with Gasteiger partial charge in [0.15, 0.2) is 11.5 Å².